The molecule has 0 radical (unpaired) electrons. The highest BCUT2D eigenvalue weighted by Crippen LogP contribution is 2.27. The second-order valence-corrected chi connectivity index (χ2v) is 7.30. The molecule has 0 aromatic carbocycles. The molecule has 6 nitrogen and oxygen atoms in total. The summed E-state index contributed by atoms with van der Waals surface area (Å²) in [6, 6.07) is 14.3. The second-order valence-electron chi connectivity index (χ2n) is 7.30. The minimum absolute atomic E-state index is 0.421. The SMILES string of the molecule is c1ccc(CN2CCC(c3nc4ccc(-c5ccncc5)cn4n3)CC2)nc1. The van der Waals surface area contributed by atoms with Gasteiger partial charge in [0.1, 0.15) is 0 Å². The molecule has 1 saturated heterocycles. The summed E-state index contributed by atoms with van der Waals surface area (Å²) in [7, 11) is 0. The van der Waals surface area contributed by atoms with Crippen LogP contribution >= 0.6 is 0 Å². The van der Waals surface area contributed by atoms with E-state index in [1.165, 1.54) is 0 Å². The summed E-state index contributed by atoms with van der Waals surface area (Å²) >= 11 is 0. The van der Waals surface area contributed by atoms with Gasteiger partial charge in [0.05, 0.1) is 5.69 Å². The van der Waals surface area contributed by atoms with Crippen molar-refractivity contribution in [3.05, 3.63) is 78.8 Å². The molecule has 5 heterocycles. The van der Waals surface area contributed by atoms with Crippen LogP contribution in [-0.4, -0.2) is 42.6 Å². The molecule has 1 fully saturated rings. The number of hydrogen-bond acceptors (Lipinski definition) is 5. The van der Waals surface area contributed by atoms with E-state index in [0.717, 1.165) is 60.8 Å². The maximum absolute atomic E-state index is 4.79. The van der Waals surface area contributed by atoms with Crippen LogP contribution in [0.15, 0.2) is 67.3 Å². The molecule has 0 aliphatic carbocycles. The zero-order valence-electron chi connectivity index (χ0n) is 15.6. The summed E-state index contributed by atoms with van der Waals surface area (Å²) in [4.78, 5) is 15.8. The highest BCUT2D eigenvalue weighted by atomic mass is 15.3. The van der Waals surface area contributed by atoms with Crippen molar-refractivity contribution in [1.29, 1.82) is 0 Å². The number of aromatic nitrogens is 5. The summed E-state index contributed by atoms with van der Waals surface area (Å²) in [5, 5.41) is 4.79. The van der Waals surface area contributed by atoms with Crippen LogP contribution in [0.5, 0.6) is 0 Å². The number of pyridine rings is 3. The van der Waals surface area contributed by atoms with E-state index in [0.29, 0.717) is 5.92 Å². The molecule has 0 saturated carbocycles. The Kier molecular flexibility index (Phi) is 4.54. The van der Waals surface area contributed by atoms with Crippen molar-refractivity contribution in [3.63, 3.8) is 0 Å². The van der Waals surface area contributed by atoms with E-state index in [9.17, 15) is 0 Å². The van der Waals surface area contributed by atoms with Gasteiger partial charge in [-0.2, -0.15) is 5.10 Å². The Morgan fingerprint density at radius 2 is 1.75 bits per heavy atom. The number of fused-ring (bicyclic) bond motifs is 1. The van der Waals surface area contributed by atoms with E-state index in [2.05, 4.69) is 39.3 Å². The van der Waals surface area contributed by atoms with E-state index in [4.69, 9.17) is 10.1 Å². The van der Waals surface area contributed by atoms with Crippen LogP contribution < -0.4 is 0 Å². The molecule has 140 valence electrons. The molecule has 5 rings (SSSR count). The Morgan fingerprint density at radius 1 is 0.893 bits per heavy atom. The van der Waals surface area contributed by atoms with Crippen molar-refractivity contribution in [2.45, 2.75) is 25.3 Å². The number of piperidine rings is 1. The fraction of sp³-hybridized carbons (Fsp3) is 0.273. The first kappa shape index (κ1) is 17.0. The average molecular weight is 370 g/mol. The Balaban J connectivity index is 1.29. The predicted molar refractivity (Wildman–Crippen MR) is 108 cm³/mol. The van der Waals surface area contributed by atoms with E-state index < -0.39 is 0 Å². The molecule has 1 aliphatic heterocycles. The summed E-state index contributed by atoms with van der Waals surface area (Å²) in [6.07, 6.45) is 9.71. The highest BCUT2D eigenvalue weighted by molar-refractivity contribution is 5.63. The number of likely N-dealkylation sites (tertiary alicyclic amines) is 1. The predicted octanol–water partition coefficient (Wildman–Crippen LogP) is 3.57. The van der Waals surface area contributed by atoms with Crippen LogP contribution in [0.2, 0.25) is 0 Å². The normalized spacial score (nSPS) is 15.9. The monoisotopic (exact) mass is 370 g/mol. The summed E-state index contributed by atoms with van der Waals surface area (Å²) < 4.78 is 1.91. The lowest BCUT2D eigenvalue weighted by molar-refractivity contribution is 0.200. The average Bonchev–Trinajstić information content (AvgIpc) is 3.19. The van der Waals surface area contributed by atoms with Crippen LogP contribution in [0.1, 0.15) is 30.3 Å². The van der Waals surface area contributed by atoms with Gasteiger partial charge in [-0.25, -0.2) is 9.50 Å². The van der Waals surface area contributed by atoms with Crippen molar-refractivity contribution >= 4 is 5.65 Å². The van der Waals surface area contributed by atoms with Gasteiger partial charge in [0.25, 0.3) is 0 Å². The molecular formula is C22H22N6. The third-order valence-corrected chi connectivity index (χ3v) is 5.43. The third-order valence-electron chi connectivity index (χ3n) is 5.43. The fourth-order valence-electron chi connectivity index (χ4n) is 3.86. The summed E-state index contributed by atoms with van der Waals surface area (Å²) in [5.41, 5.74) is 4.30. The molecule has 28 heavy (non-hydrogen) atoms. The van der Waals surface area contributed by atoms with Gasteiger partial charge in [-0.05, 0) is 67.9 Å². The molecule has 4 aromatic rings. The first-order valence-electron chi connectivity index (χ1n) is 9.74. The van der Waals surface area contributed by atoms with E-state index in [1.54, 1.807) is 0 Å². The van der Waals surface area contributed by atoms with Gasteiger partial charge in [-0.1, -0.05) is 6.07 Å². The molecular weight excluding hydrogens is 348 g/mol. The Hall–Kier alpha value is -3.12. The van der Waals surface area contributed by atoms with Gasteiger partial charge in [-0.15, -0.1) is 0 Å². The maximum atomic E-state index is 4.79. The minimum atomic E-state index is 0.421. The summed E-state index contributed by atoms with van der Waals surface area (Å²) in [6.45, 7) is 3.03. The Bertz CT molecular complexity index is 1050. The standard InChI is InChI=1S/C22H22N6/c1-2-10-24-20(3-1)16-27-13-8-18(9-14-27)22-25-21-5-4-19(15-28(21)26-22)17-6-11-23-12-7-17/h1-7,10-12,15,18H,8-9,13-14,16H2. The molecule has 0 N–H and O–H groups in total. The van der Waals surface area contributed by atoms with Gasteiger partial charge in [0.15, 0.2) is 11.5 Å². The molecule has 4 aromatic heterocycles. The van der Waals surface area contributed by atoms with Crippen molar-refractivity contribution in [2.24, 2.45) is 0 Å². The Labute approximate surface area is 163 Å². The zero-order valence-corrected chi connectivity index (χ0v) is 15.6. The largest absolute Gasteiger partial charge is 0.297 e. The topological polar surface area (TPSA) is 59.2 Å². The van der Waals surface area contributed by atoms with E-state index >= 15 is 0 Å². The molecule has 6 heteroatoms. The van der Waals surface area contributed by atoms with Crippen LogP contribution in [-0.2, 0) is 6.54 Å². The van der Waals surface area contributed by atoms with Gasteiger partial charge in [-0.3, -0.25) is 14.9 Å². The third kappa shape index (κ3) is 3.51. The van der Waals surface area contributed by atoms with E-state index in [-0.39, 0.29) is 0 Å². The lowest BCUT2D eigenvalue weighted by Gasteiger charge is -2.30. The number of hydrogen-bond donors (Lipinski definition) is 0. The molecule has 0 atom stereocenters. The van der Waals surface area contributed by atoms with Gasteiger partial charge >= 0.3 is 0 Å². The van der Waals surface area contributed by atoms with Crippen LogP contribution in [0.25, 0.3) is 16.8 Å². The molecule has 0 amide bonds. The van der Waals surface area contributed by atoms with Gasteiger partial charge in [0.2, 0.25) is 0 Å². The first-order chi connectivity index (χ1) is 13.8. The second kappa shape index (κ2) is 7.48. The van der Waals surface area contributed by atoms with E-state index in [1.807, 2.05) is 47.4 Å². The van der Waals surface area contributed by atoms with Gasteiger partial charge in [0, 0.05) is 42.8 Å². The van der Waals surface area contributed by atoms with Crippen molar-refractivity contribution < 1.29 is 0 Å². The Morgan fingerprint density at radius 3 is 2.54 bits per heavy atom. The van der Waals surface area contributed by atoms with Gasteiger partial charge < -0.3 is 0 Å². The molecule has 0 unspecified atom stereocenters. The number of rotatable bonds is 4. The van der Waals surface area contributed by atoms with Crippen molar-refractivity contribution in [3.8, 4) is 11.1 Å². The lowest BCUT2D eigenvalue weighted by atomic mass is 9.96. The van der Waals surface area contributed by atoms with Crippen LogP contribution in [0.4, 0.5) is 0 Å². The highest BCUT2D eigenvalue weighted by Gasteiger charge is 2.24. The van der Waals surface area contributed by atoms with Crippen molar-refractivity contribution in [1.82, 2.24) is 29.5 Å². The van der Waals surface area contributed by atoms with Crippen molar-refractivity contribution in [2.75, 3.05) is 13.1 Å². The quantitative estimate of drug-likeness (QED) is 0.550. The van der Waals surface area contributed by atoms with Crippen LogP contribution in [0.3, 0.4) is 0 Å². The maximum Gasteiger partial charge on any atom is 0.155 e. The smallest absolute Gasteiger partial charge is 0.155 e. The summed E-state index contributed by atoms with van der Waals surface area (Å²) in [5.74, 6) is 1.38. The zero-order chi connectivity index (χ0) is 18.8. The number of nitrogens with zero attached hydrogens (tertiary/aromatic N) is 6. The van der Waals surface area contributed by atoms with Crippen LogP contribution in [0, 0.1) is 0 Å². The molecule has 1 aliphatic rings. The first-order valence-corrected chi connectivity index (χ1v) is 9.74. The molecule has 0 bridgehead atoms. The molecule has 0 spiro atoms. The lowest BCUT2D eigenvalue weighted by Crippen LogP contribution is -2.33. The minimum Gasteiger partial charge on any atom is -0.297 e. The fourth-order valence-corrected chi connectivity index (χ4v) is 3.86.